The highest BCUT2D eigenvalue weighted by atomic mass is 19.4. The number of halogens is 3. The van der Waals surface area contributed by atoms with Gasteiger partial charge in [-0.05, 0) is 43.4 Å². The number of morpholine rings is 1. The summed E-state index contributed by atoms with van der Waals surface area (Å²) in [6.45, 7) is 3.02. The second-order valence-corrected chi connectivity index (χ2v) is 6.70. The maximum atomic E-state index is 12.5. The summed E-state index contributed by atoms with van der Waals surface area (Å²) in [4.78, 5) is 0. The Balaban J connectivity index is 1.52. The van der Waals surface area contributed by atoms with Gasteiger partial charge in [0.05, 0.1) is 13.2 Å². The van der Waals surface area contributed by atoms with E-state index in [1.807, 2.05) is 0 Å². The third kappa shape index (κ3) is 5.33. The number of rotatable bonds is 6. The third-order valence-corrected chi connectivity index (χ3v) is 5.04. The van der Waals surface area contributed by atoms with Gasteiger partial charge < -0.3 is 20.1 Å². The Kier molecular flexibility index (Phi) is 6.19. The highest BCUT2D eigenvalue weighted by Crippen LogP contribution is 2.30. The fourth-order valence-corrected chi connectivity index (χ4v) is 3.91. The molecule has 4 nitrogen and oxygen atoms in total. The fourth-order valence-electron chi connectivity index (χ4n) is 3.91. The number of alkyl halides is 3. The van der Waals surface area contributed by atoms with Crippen molar-refractivity contribution in [2.75, 3.05) is 26.3 Å². The topological polar surface area (TPSA) is 42.5 Å². The molecule has 0 aromatic heterocycles. The number of ether oxygens (including phenoxy) is 2. The van der Waals surface area contributed by atoms with Gasteiger partial charge in [-0.3, -0.25) is 0 Å². The first-order valence-corrected chi connectivity index (χ1v) is 8.91. The van der Waals surface area contributed by atoms with E-state index in [0.717, 1.165) is 32.6 Å². The number of benzene rings is 1. The Bertz CT molecular complexity index is 547. The number of hydrogen-bond donors (Lipinski definition) is 2. The van der Waals surface area contributed by atoms with Crippen molar-refractivity contribution in [3.05, 3.63) is 29.8 Å². The lowest BCUT2D eigenvalue weighted by Gasteiger charge is -2.33. The monoisotopic (exact) mass is 358 g/mol. The Morgan fingerprint density at radius 2 is 2.08 bits per heavy atom. The second kappa shape index (κ2) is 8.38. The molecule has 1 aromatic rings. The van der Waals surface area contributed by atoms with Gasteiger partial charge in [-0.25, -0.2) is 0 Å². The molecule has 140 valence electrons. The highest BCUT2D eigenvalue weighted by molar-refractivity contribution is 5.33. The largest absolute Gasteiger partial charge is 0.573 e. The zero-order valence-corrected chi connectivity index (χ0v) is 14.1. The van der Waals surface area contributed by atoms with Gasteiger partial charge in [0.15, 0.2) is 0 Å². The number of para-hydroxylation sites is 1. The van der Waals surface area contributed by atoms with Gasteiger partial charge in [0.2, 0.25) is 0 Å². The molecule has 1 heterocycles. The Hall–Kier alpha value is -1.31. The quantitative estimate of drug-likeness (QED) is 0.821. The predicted octanol–water partition coefficient (Wildman–Crippen LogP) is 2.87. The van der Waals surface area contributed by atoms with Crippen molar-refractivity contribution in [1.82, 2.24) is 10.6 Å². The summed E-state index contributed by atoms with van der Waals surface area (Å²) in [5.41, 5.74) is 0.570. The minimum Gasteiger partial charge on any atom is -0.406 e. The molecule has 3 unspecified atom stereocenters. The van der Waals surface area contributed by atoms with Crippen LogP contribution in [0.15, 0.2) is 24.3 Å². The molecule has 0 radical (unpaired) electrons. The van der Waals surface area contributed by atoms with Crippen LogP contribution in [0, 0.1) is 5.92 Å². The molecule has 3 rings (SSSR count). The van der Waals surface area contributed by atoms with Gasteiger partial charge in [0.25, 0.3) is 0 Å². The minimum absolute atomic E-state index is 0.109. The number of hydrogen-bond acceptors (Lipinski definition) is 4. The molecular weight excluding hydrogens is 333 g/mol. The maximum Gasteiger partial charge on any atom is 0.573 e. The van der Waals surface area contributed by atoms with Crippen LogP contribution in [0.5, 0.6) is 5.75 Å². The van der Waals surface area contributed by atoms with Crippen molar-refractivity contribution in [1.29, 1.82) is 0 Å². The highest BCUT2D eigenvalue weighted by Gasteiger charge is 2.34. The molecule has 7 heteroatoms. The van der Waals surface area contributed by atoms with E-state index >= 15 is 0 Å². The van der Waals surface area contributed by atoms with Crippen LogP contribution < -0.4 is 15.4 Å². The summed E-state index contributed by atoms with van der Waals surface area (Å²) < 4.78 is 47.2. The molecule has 0 spiro atoms. The third-order valence-electron chi connectivity index (χ3n) is 5.04. The minimum atomic E-state index is -4.66. The lowest BCUT2D eigenvalue weighted by molar-refractivity contribution is -0.274. The summed E-state index contributed by atoms with van der Waals surface area (Å²) in [6, 6.07) is 7.10. The van der Waals surface area contributed by atoms with Crippen molar-refractivity contribution >= 4 is 0 Å². The van der Waals surface area contributed by atoms with Gasteiger partial charge in [-0.15, -0.1) is 13.2 Å². The molecule has 0 amide bonds. The Labute approximate surface area is 146 Å². The summed E-state index contributed by atoms with van der Waals surface area (Å²) in [7, 11) is 0. The van der Waals surface area contributed by atoms with E-state index in [1.54, 1.807) is 18.2 Å². The van der Waals surface area contributed by atoms with Gasteiger partial charge in [0, 0.05) is 18.6 Å². The van der Waals surface area contributed by atoms with Crippen LogP contribution in [0.2, 0.25) is 0 Å². The predicted molar refractivity (Wildman–Crippen MR) is 88.6 cm³/mol. The molecule has 2 N–H and O–H groups in total. The normalized spacial score (nSPS) is 27.4. The first kappa shape index (κ1) is 18.5. The fraction of sp³-hybridized carbons (Fsp3) is 0.667. The van der Waals surface area contributed by atoms with Crippen molar-refractivity contribution in [2.24, 2.45) is 5.92 Å². The molecule has 2 aliphatic rings. The van der Waals surface area contributed by atoms with Crippen molar-refractivity contribution in [3.63, 3.8) is 0 Å². The summed E-state index contributed by atoms with van der Waals surface area (Å²) >= 11 is 0. The van der Waals surface area contributed by atoms with E-state index in [0.29, 0.717) is 36.5 Å². The standard InChI is InChI=1S/C18H25F3N2O2/c19-18(20,21)25-17-7-2-1-4-13(17)8-9-22-15-6-3-5-14(15)16-12-24-11-10-23-16/h1-2,4,7,14-16,22-23H,3,5-6,8-12H2. The van der Waals surface area contributed by atoms with Crippen LogP contribution in [-0.4, -0.2) is 44.7 Å². The van der Waals surface area contributed by atoms with E-state index in [2.05, 4.69) is 15.4 Å². The van der Waals surface area contributed by atoms with Crippen LogP contribution in [0.3, 0.4) is 0 Å². The van der Waals surface area contributed by atoms with E-state index in [-0.39, 0.29) is 5.75 Å². The average Bonchev–Trinajstić information content (AvgIpc) is 3.04. The molecule has 1 aliphatic carbocycles. The molecule has 1 aliphatic heterocycles. The average molecular weight is 358 g/mol. The summed E-state index contributed by atoms with van der Waals surface area (Å²) in [6.07, 6.45) is -0.721. The molecule has 1 saturated heterocycles. The lowest BCUT2D eigenvalue weighted by atomic mass is 9.94. The van der Waals surface area contributed by atoms with Gasteiger partial charge in [-0.2, -0.15) is 0 Å². The summed E-state index contributed by atoms with van der Waals surface area (Å²) in [5, 5.41) is 7.06. The van der Waals surface area contributed by atoms with E-state index in [9.17, 15) is 13.2 Å². The van der Waals surface area contributed by atoms with Crippen molar-refractivity contribution in [2.45, 2.75) is 44.1 Å². The first-order valence-electron chi connectivity index (χ1n) is 8.91. The molecular formula is C18H25F3N2O2. The molecule has 2 fully saturated rings. The Morgan fingerprint density at radius 3 is 2.84 bits per heavy atom. The summed E-state index contributed by atoms with van der Waals surface area (Å²) in [5.74, 6) is 0.407. The lowest BCUT2D eigenvalue weighted by Crippen LogP contribution is -2.51. The molecule has 1 aromatic carbocycles. The molecule has 25 heavy (non-hydrogen) atoms. The maximum absolute atomic E-state index is 12.5. The molecule has 0 bridgehead atoms. The number of nitrogens with one attached hydrogen (secondary N) is 2. The van der Waals surface area contributed by atoms with E-state index in [4.69, 9.17) is 4.74 Å². The zero-order chi connectivity index (χ0) is 17.7. The van der Waals surface area contributed by atoms with Gasteiger partial charge in [-0.1, -0.05) is 24.6 Å². The van der Waals surface area contributed by atoms with Crippen molar-refractivity contribution < 1.29 is 22.6 Å². The van der Waals surface area contributed by atoms with E-state index < -0.39 is 6.36 Å². The van der Waals surface area contributed by atoms with Crippen LogP contribution in [-0.2, 0) is 11.2 Å². The zero-order valence-electron chi connectivity index (χ0n) is 14.1. The van der Waals surface area contributed by atoms with Crippen LogP contribution in [0.1, 0.15) is 24.8 Å². The van der Waals surface area contributed by atoms with Crippen molar-refractivity contribution in [3.8, 4) is 5.75 Å². The van der Waals surface area contributed by atoms with Gasteiger partial charge >= 0.3 is 6.36 Å². The SMILES string of the molecule is FC(F)(F)Oc1ccccc1CCNC1CCCC1C1COCCN1. The molecule has 1 saturated carbocycles. The second-order valence-electron chi connectivity index (χ2n) is 6.70. The van der Waals surface area contributed by atoms with E-state index in [1.165, 1.54) is 12.5 Å². The first-order chi connectivity index (χ1) is 12.0. The van der Waals surface area contributed by atoms with Crippen LogP contribution in [0.4, 0.5) is 13.2 Å². The van der Waals surface area contributed by atoms with Crippen LogP contribution >= 0.6 is 0 Å². The molecule has 3 atom stereocenters. The Morgan fingerprint density at radius 1 is 1.24 bits per heavy atom. The smallest absolute Gasteiger partial charge is 0.406 e. The van der Waals surface area contributed by atoms with Crippen LogP contribution in [0.25, 0.3) is 0 Å². The van der Waals surface area contributed by atoms with Gasteiger partial charge in [0.1, 0.15) is 5.75 Å².